The molecule has 0 saturated heterocycles. The Morgan fingerprint density at radius 2 is 1.95 bits per heavy atom. The lowest BCUT2D eigenvalue weighted by atomic mass is 10.3. The molecule has 0 bridgehead atoms. The molecular weight excluding hydrogens is 242 g/mol. The van der Waals surface area contributed by atoms with Crippen LogP contribution in [0.1, 0.15) is 0 Å². The second kappa shape index (κ2) is 4.56. The average Bonchev–Trinajstić information content (AvgIpc) is 2.83. The maximum Gasteiger partial charge on any atom is 0.163 e. The zero-order valence-electron chi connectivity index (χ0n) is 10.7. The maximum absolute atomic E-state index is 5.13. The van der Waals surface area contributed by atoms with E-state index in [0.717, 1.165) is 28.3 Å². The van der Waals surface area contributed by atoms with Crippen molar-refractivity contribution in [1.82, 2.24) is 19.7 Å². The van der Waals surface area contributed by atoms with Crippen LogP contribution in [0.15, 0.2) is 36.8 Å². The van der Waals surface area contributed by atoms with E-state index in [0.29, 0.717) is 0 Å². The number of aryl methyl sites for hydroxylation is 1. The molecule has 0 spiro atoms. The topological polar surface area (TPSA) is 64.9 Å². The van der Waals surface area contributed by atoms with Gasteiger partial charge in [0.15, 0.2) is 5.65 Å². The molecule has 2 aromatic heterocycles. The normalized spacial score (nSPS) is 10.6. The molecule has 96 valence electrons. The van der Waals surface area contributed by atoms with Gasteiger partial charge in [-0.05, 0) is 24.3 Å². The molecular formula is C13H13N5O. The zero-order valence-corrected chi connectivity index (χ0v) is 10.7. The van der Waals surface area contributed by atoms with Gasteiger partial charge in [0.25, 0.3) is 0 Å². The van der Waals surface area contributed by atoms with Crippen molar-refractivity contribution in [2.24, 2.45) is 7.05 Å². The van der Waals surface area contributed by atoms with Crippen LogP contribution in [-0.4, -0.2) is 26.9 Å². The number of nitrogens with one attached hydrogen (secondary N) is 1. The molecule has 6 nitrogen and oxygen atoms in total. The van der Waals surface area contributed by atoms with E-state index in [1.807, 2.05) is 31.3 Å². The van der Waals surface area contributed by atoms with E-state index >= 15 is 0 Å². The maximum atomic E-state index is 5.13. The molecule has 1 N–H and O–H groups in total. The fourth-order valence-electron chi connectivity index (χ4n) is 1.87. The number of rotatable bonds is 3. The van der Waals surface area contributed by atoms with Crippen molar-refractivity contribution in [3.05, 3.63) is 36.8 Å². The fraction of sp³-hybridized carbons (Fsp3) is 0.154. The first-order chi connectivity index (χ1) is 9.28. The molecule has 0 saturated carbocycles. The Labute approximate surface area is 110 Å². The summed E-state index contributed by atoms with van der Waals surface area (Å²) in [6.45, 7) is 0. The number of aromatic nitrogens is 4. The summed E-state index contributed by atoms with van der Waals surface area (Å²) in [6, 6.07) is 7.65. The predicted octanol–water partition coefficient (Wildman–Crippen LogP) is 2.12. The van der Waals surface area contributed by atoms with Crippen molar-refractivity contribution < 1.29 is 4.74 Å². The number of fused-ring (bicyclic) bond motifs is 1. The average molecular weight is 255 g/mol. The summed E-state index contributed by atoms with van der Waals surface area (Å²) in [4.78, 5) is 8.45. The van der Waals surface area contributed by atoms with E-state index in [9.17, 15) is 0 Å². The van der Waals surface area contributed by atoms with Gasteiger partial charge in [0.1, 0.15) is 17.9 Å². The van der Waals surface area contributed by atoms with Crippen LogP contribution >= 0.6 is 0 Å². The molecule has 0 atom stereocenters. The molecule has 2 heterocycles. The summed E-state index contributed by atoms with van der Waals surface area (Å²) in [5.41, 5.74) is 1.73. The minimum Gasteiger partial charge on any atom is -0.497 e. The Hall–Kier alpha value is -2.63. The van der Waals surface area contributed by atoms with Crippen LogP contribution in [0.5, 0.6) is 5.75 Å². The molecule has 0 aliphatic rings. The largest absolute Gasteiger partial charge is 0.497 e. The highest BCUT2D eigenvalue weighted by molar-refractivity contribution is 5.88. The molecule has 0 fully saturated rings. The number of methoxy groups -OCH3 is 1. The van der Waals surface area contributed by atoms with Gasteiger partial charge in [-0.25, -0.2) is 9.97 Å². The van der Waals surface area contributed by atoms with Crippen molar-refractivity contribution in [3.8, 4) is 5.75 Å². The van der Waals surface area contributed by atoms with Gasteiger partial charge in [0.2, 0.25) is 0 Å². The van der Waals surface area contributed by atoms with Crippen molar-refractivity contribution in [2.45, 2.75) is 0 Å². The van der Waals surface area contributed by atoms with Crippen molar-refractivity contribution in [1.29, 1.82) is 0 Å². The molecule has 0 aliphatic carbocycles. The summed E-state index contributed by atoms with van der Waals surface area (Å²) in [5, 5.41) is 8.32. The van der Waals surface area contributed by atoms with Crippen LogP contribution in [0.4, 0.5) is 11.5 Å². The molecule has 0 aliphatic heterocycles. The lowest BCUT2D eigenvalue weighted by molar-refractivity contribution is 0.415. The van der Waals surface area contributed by atoms with Crippen LogP contribution < -0.4 is 10.1 Å². The monoisotopic (exact) mass is 255 g/mol. The van der Waals surface area contributed by atoms with Gasteiger partial charge in [-0.1, -0.05) is 0 Å². The van der Waals surface area contributed by atoms with Crippen LogP contribution in [0.3, 0.4) is 0 Å². The molecule has 6 heteroatoms. The van der Waals surface area contributed by atoms with Gasteiger partial charge in [0, 0.05) is 12.7 Å². The molecule has 0 unspecified atom stereocenters. The first kappa shape index (κ1) is 11.5. The van der Waals surface area contributed by atoms with Crippen LogP contribution in [0.2, 0.25) is 0 Å². The Bertz CT molecular complexity index is 705. The number of hydrogen-bond acceptors (Lipinski definition) is 5. The van der Waals surface area contributed by atoms with Gasteiger partial charge >= 0.3 is 0 Å². The molecule has 3 rings (SSSR count). The highest BCUT2D eigenvalue weighted by atomic mass is 16.5. The minimum absolute atomic E-state index is 0.739. The zero-order chi connectivity index (χ0) is 13.2. The third-order valence-corrected chi connectivity index (χ3v) is 2.88. The van der Waals surface area contributed by atoms with Crippen LogP contribution in [0.25, 0.3) is 11.0 Å². The second-order valence-corrected chi connectivity index (χ2v) is 4.08. The van der Waals surface area contributed by atoms with Gasteiger partial charge in [-0.2, -0.15) is 5.10 Å². The highest BCUT2D eigenvalue weighted by Gasteiger charge is 2.07. The first-order valence-corrected chi connectivity index (χ1v) is 5.82. The molecule has 0 amide bonds. The number of ether oxygens (including phenoxy) is 1. The quantitative estimate of drug-likeness (QED) is 0.776. The summed E-state index contributed by atoms with van der Waals surface area (Å²) in [7, 11) is 3.50. The standard InChI is InChI=1S/C13H13N5O/c1-18-13-11(7-16-18)12(14-8-15-13)17-9-3-5-10(19-2)6-4-9/h3-8H,1-2H3,(H,14,15,17). The Balaban J connectivity index is 1.96. The smallest absolute Gasteiger partial charge is 0.163 e. The first-order valence-electron chi connectivity index (χ1n) is 5.82. The molecule has 3 aromatic rings. The summed E-state index contributed by atoms with van der Waals surface area (Å²) >= 11 is 0. The Morgan fingerprint density at radius 1 is 1.16 bits per heavy atom. The van der Waals surface area contributed by atoms with E-state index in [1.54, 1.807) is 18.0 Å². The molecule has 19 heavy (non-hydrogen) atoms. The molecule has 1 aromatic carbocycles. The fourth-order valence-corrected chi connectivity index (χ4v) is 1.87. The van der Waals surface area contributed by atoms with Crippen LogP contribution in [-0.2, 0) is 7.05 Å². The number of hydrogen-bond donors (Lipinski definition) is 1. The second-order valence-electron chi connectivity index (χ2n) is 4.08. The lowest BCUT2D eigenvalue weighted by Gasteiger charge is -2.07. The summed E-state index contributed by atoms with van der Waals surface area (Å²) in [5.74, 6) is 1.56. The number of benzene rings is 1. The van der Waals surface area contributed by atoms with E-state index in [4.69, 9.17) is 4.74 Å². The van der Waals surface area contributed by atoms with E-state index in [1.165, 1.54) is 6.33 Å². The van der Waals surface area contributed by atoms with Crippen molar-refractivity contribution in [3.63, 3.8) is 0 Å². The van der Waals surface area contributed by atoms with Crippen molar-refractivity contribution in [2.75, 3.05) is 12.4 Å². The highest BCUT2D eigenvalue weighted by Crippen LogP contribution is 2.23. The van der Waals surface area contributed by atoms with E-state index in [-0.39, 0.29) is 0 Å². The Morgan fingerprint density at radius 3 is 2.68 bits per heavy atom. The third-order valence-electron chi connectivity index (χ3n) is 2.88. The minimum atomic E-state index is 0.739. The lowest BCUT2D eigenvalue weighted by Crippen LogP contribution is -1.97. The summed E-state index contributed by atoms with van der Waals surface area (Å²) in [6.07, 6.45) is 3.27. The Kier molecular flexibility index (Phi) is 2.75. The molecule has 0 radical (unpaired) electrons. The van der Waals surface area contributed by atoms with Gasteiger partial charge in [-0.3, -0.25) is 4.68 Å². The predicted molar refractivity (Wildman–Crippen MR) is 72.6 cm³/mol. The van der Waals surface area contributed by atoms with Gasteiger partial charge < -0.3 is 10.1 Å². The number of anilines is 2. The SMILES string of the molecule is COc1ccc(Nc2ncnc3c2cnn3C)cc1. The summed E-state index contributed by atoms with van der Waals surface area (Å²) < 4.78 is 6.84. The number of nitrogens with zero attached hydrogens (tertiary/aromatic N) is 4. The van der Waals surface area contributed by atoms with E-state index < -0.39 is 0 Å². The third kappa shape index (κ3) is 2.08. The van der Waals surface area contributed by atoms with Crippen molar-refractivity contribution >= 4 is 22.5 Å². The van der Waals surface area contributed by atoms with E-state index in [2.05, 4.69) is 20.4 Å². The van der Waals surface area contributed by atoms with Gasteiger partial charge in [-0.15, -0.1) is 0 Å². The van der Waals surface area contributed by atoms with Gasteiger partial charge in [0.05, 0.1) is 18.7 Å². The van der Waals surface area contributed by atoms with Crippen LogP contribution in [0, 0.1) is 0 Å².